The van der Waals surface area contributed by atoms with Crippen LogP contribution in [0.2, 0.25) is 0 Å². The molecule has 0 unspecified atom stereocenters. The lowest BCUT2D eigenvalue weighted by molar-refractivity contribution is -0.384. The van der Waals surface area contributed by atoms with E-state index in [0.29, 0.717) is 6.29 Å². The predicted molar refractivity (Wildman–Crippen MR) is 49.8 cm³/mol. The Balaban J connectivity index is 3.51. The van der Waals surface area contributed by atoms with E-state index in [9.17, 15) is 14.9 Å². The van der Waals surface area contributed by atoms with Crippen molar-refractivity contribution in [2.75, 3.05) is 7.11 Å². The third-order valence-electron chi connectivity index (χ3n) is 1.76. The summed E-state index contributed by atoms with van der Waals surface area (Å²) in [5.41, 5.74) is -0.355. The van der Waals surface area contributed by atoms with Gasteiger partial charge in [0.2, 0.25) is 0 Å². The zero-order chi connectivity index (χ0) is 11.4. The number of nitro groups is 1. The van der Waals surface area contributed by atoms with Crippen molar-refractivity contribution in [2.24, 2.45) is 0 Å². The van der Waals surface area contributed by atoms with Gasteiger partial charge >= 0.3 is 0 Å². The second-order valence-electron chi connectivity index (χ2n) is 2.60. The maximum atomic E-state index is 10.6. The molecule has 1 aromatic carbocycles. The van der Waals surface area contributed by atoms with E-state index in [0.717, 1.165) is 12.1 Å². The standard InChI is InChI=1S/C9H6N2O4/c1-15-9-6(4-10)2-8(11(13)14)3-7(9)5-12/h2-3,5H,1H3. The van der Waals surface area contributed by atoms with Crippen molar-refractivity contribution in [3.05, 3.63) is 33.4 Å². The molecular weight excluding hydrogens is 200 g/mol. The van der Waals surface area contributed by atoms with Gasteiger partial charge in [0.15, 0.2) is 6.29 Å². The van der Waals surface area contributed by atoms with E-state index in [1.54, 1.807) is 6.07 Å². The van der Waals surface area contributed by atoms with E-state index >= 15 is 0 Å². The molecule has 0 amide bonds. The molecule has 1 rings (SSSR count). The summed E-state index contributed by atoms with van der Waals surface area (Å²) in [6.45, 7) is 0. The topological polar surface area (TPSA) is 93.2 Å². The van der Waals surface area contributed by atoms with Crippen molar-refractivity contribution >= 4 is 12.0 Å². The zero-order valence-corrected chi connectivity index (χ0v) is 7.76. The molecule has 6 heteroatoms. The van der Waals surface area contributed by atoms with Gasteiger partial charge in [0.05, 0.1) is 17.6 Å². The van der Waals surface area contributed by atoms with Crippen molar-refractivity contribution < 1.29 is 14.5 Å². The van der Waals surface area contributed by atoms with Gasteiger partial charge in [0, 0.05) is 12.1 Å². The average molecular weight is 206 g/mol. The van der Waals surface area contributed by atoms with Crippen LogP contribution in [0.1, 0.15) is 15.9 Å². The lowest BCUT2D eigenvalue weighted by atomic mass is 10.1. The molecule has 0 aliphatic carbocycles. The molecule has 0 spiro atoms. The van der Waals surface area contributed by atoms with Crippen LogP contribution in [0.5, 0.6) is 5.75 Å². The van der Waals surface area contributed by atoms with Crippen LogP contribution in [-0.4, -0.2) is 18.3 Å². The fourth-order valence-corrected chi connectivity index (χ4v) is 1.14. The van der Waals surface area contributed by atoms with Gasteiger partial charge in [0.25, 0.3) is 5.69 Å². The van der Waals surface area contributed by atoms with Crippen LogP contribution in [0.4, 0.5) is 5.69 Å². The van der Waals surface area contributed by atoms with Crippen LogP contribution in [0.15, 0.2) is 12.1 Å². The molecule has 1 aromatic rings. The Morgan fingerprint density at radius 1 is 1.60 bits per heavy atom. The molecule has 0 N–H and O–H groups in total. The first kappa shape index (κ1) is 10.7. The largest absolute Gasteiger partial charge is 0.495 e. The third-order valence-corrected chi connectivity index (χ3v) is 1.76. The number of nitriles is 1. The number of hydrogen-bond donors (Lipinski definition) is 0. The second-order valence-corrected chi connectivity index (χ2v) is 2.60. The number of nitro benzene ring substituents is 1. The Bertz CT molecular complexity index is 462. The molecule has 0 saturated heterocycles. The average Bonchev–Trinajstić information content (AvgIpc) is 2.26. The Hall–Kier alpha value is -2.42. The Morgan fingerprint density at radius 3 is 2.67 bits per heavy atom. The summed E-state index contributed by atoms with van der Waals surface area (Å²) in [7, 11) is 1.29. The zero-order valence-electron chi connectivity index (χ0n) is 7.76. The normalized spacial score (nSPS) is 9.07. The fraction of sp³-hybridized carbons (Fsp3) is 0.111. The van der Waals surface area contributed by atoms with Crippen LogP contribution >= 0.6 is 0 Å². The monoisotopic (exact) mass is 206 g/mol. The molecule has 0 radical (unpaired) electrons. The molecule has 0 fully saturated rings. The molecule has 0 heterocycles. The molecule has 0 saturated carbocycles. The van der Waals surface area contributed by atoms with Gasteiger partial charge < -0.3 is 4.74 Å². The van der Waals surface area contributed by atoms with E-state index in [2.05, 4.69) is 0 Å². The summed E-state index contributed by atoms with van der Waals surface area (Å²) < 4.78 is 4.82. The number of ether oxygens (including phenoxy) is 1. The summed E-state index contributed by atoms with van der Waals surface area (Å²) in [5.74, 6) is 0.0538. The lowest BCUT2D eigenvalue weighted by Crippen LogP contribution is -1.97. The first-order valence-corrected chi connectivity index (χ1v) is 3.85. The number of carbonyl (C=O) groups excluding carboxylic acids is 1. The number of aldehydes is 1. The van der Waals surface area contributed by atoms with E-state index in [-0.39, 0.29) is 22.6 Å². The number of nitrogens with zero attached hydrogens (tertiary/aromatic N) is 2. The number of rotatable bonds is 3. The third kappa shape index (κ3) is 1.91. The molecule has 76 valence electrons. The Labute approximate surface area is 84.8 Å². The smallest absolute Gasteiger partial charge is 0.271 e. The first-order chi connectivity index (χ1) is 7.13. The molecule has 15 heavy (non-hydrogen) atoms. The van der Waals surface area contributed by atoms with Gasteiger partial charge in [-0.3, -0.25) is 14.9 Å². The number of carbonyl (C=O) groups is 1. The highest BCUT2D eigenvalue weighted by atomic mass is 16.6. The van der Waals surface area contributed by atoms with Gasteiger partial charge in [-0.05, 0) is 0 Å². The molecular formula is C9H6N2O4. The van der Waals surface area contributed by atoms with Gasteiger partial charge in [0.1, 0.15) is 17.4 Å². The summed E-state index contributed by atoms with van der Waals surface area (Å²) >= 11 is 0. The maximum Gasteiger partial charge on any atom is 0.271 e. The SMILES string of the molecule is COc1c(C#N)cc([N+](=O)[O-])cc1C=O. The summed E-state index contributed by atoms with van der Waals surface area (Å²) in [4.78, 5) is 20.4. The van der Waals surface area contributed by atoms with Gasteiger partial charge in [-0.15, -0.1) is 0 Å². The van der Waals surface area contributed by atoms with Gasteiger partial charge in [-0.25, -0.2) is 0 Å². The van der Waals surface area contributed by atoms with Crippen molar-refractivity contribution in [3.8, 4) is 11.8 Å². The van der Waals surface area contributed by atoms with E-state index in [1.807, 2.05) is 0 Å². The van der Waals surface area contributed by atoms with Gasteiger partial charge in [-0.2, -0.15) is 5.26 Å². The highest BCUT2D eigenvalue weighted by Crippen LogP contribution is 2.27. The number of non-ortho nitro benzene ring substituents is 1. The van der Waals surface area contributed by atoms with Crippen LogP contribution in [0, 0.1) is 21.4 Å². The molecule has 0 aliphatic heterocycles. The maximum absolute atomic E-state index is 10.6. The number of methoxy groups -OCH3 is 1. The highest BCUT2D eigenvalue weighted by Gasteiger charge is 2.16. The minimum absolute atomic E-state index is 0.0109. The van der Waals surface area contributed by atoms with Crippen LogP contribution < -0.4 is 4.74 Å². The summed E-state index contributed by atoms with van der Waals surface area (Å²) in [5, 5.41) is 19.2. The highest BCUT2D eigenvalue weighted by molar-refractivity contribution is 5.82. The molecule has 6 nitrogen and oxygen atoms in total. The number of benzene rings is 1. The van der Waals surface area contributed by atoms with Crippen molar-refractivity contribution in [3.63, 3.8) is 0 Å². The van der Waals surface area contributed by atoms with Crippen LogP contribution in [0.25, 0.3) is 0 Å². The van der Waals surface area contributed by atoms with Crippen LogP contribution in [0.3, 0.4) is 0 Å². The van der Waals surface area contributed by atoms with Crippen molar-refractivity contribution in [1.29, 1.82) is 5.26 Å². The minimum atomic E-state index is -0.673. The summed E-state index contributed by atoms with van der Waals surface area (Å²) in [6.07, 6.45) is 0.409. The quantitative estimate of drug-likeness (QED) is 0.422. The lowest BCUT2D eigenvalue weighted by Gasteiger charge is -2.04. The van der Waals surface area contributed by atoms with Crippen molar-refractivity contribution in [1.82, 2.24) is 0 Å². The van der Waals surface area contributed by atoms with Crippen molar-refractivity contribution in [2.45, 2.75) is 0 Å². The minimum Gasteiger partial charge on any atom is -0.495 e. The predicted octanol–water partition coefficient (Wildman–Crippen LogP) is 1.29. The Kier molecular flexibility index (Phi) is 2.98. The molecule has 0 atom stereocenters. The molecule has 0 aliphatic rings. The molecule has 0 aromatic heterocycles. The fourth-order valence-electron chi connectivity index (χ4n) is 1.14. The number of hydrogen-bond acceptors (Lipinski definition) is 5. The van der Waals surface area contributed by atoms with E-state index in [1.165, 1.54) is 7.11 Å². The van der Waals surface area contributed by atoms with E-state index < -0.39 is 4.92 Å². The second kappa shape index (κ2) is 4.19. The molecule has 0 bridgehead atoms. The van der Waals surface area contributed by atoms with Gasteiger partial charge in [-0.1, -0.05) is 0 Å². The van der Waals surface area contributed by atoms with E-state index in [4.69, 9.17) is 10.00 Å². The van der Waals surface area contributed by atoms with Crippen LogP contribution in [-0.2, 0) is 0 Å². The Morgan fingerprint density at radius 2 is 2.27 bits per heavy atom. The summed E-state index contributed by atoms with van der Waals surface area (Å²) in [6, 6.07) is 3.85. The first-order valence-electron chi connectivity index (χ1n) is 3.85.